The zero-order valence-electron chi connectivity index (χ0n) is 14.4. The molecule has 142 valence electrons. The molecule has 0 saturated carbocycles. The molecule has 7 nitrogen and oxygen atoms in total. The molecule has 2 amide bonds. The third kappa shape index (κ3) is 3.08. The summed E-state index contributed by atoms with van der Waals surface area (Å²) in [6, 6.07) is 1.24. The van der Waals surface area contributed by atoms with E-state index in [0.717, 1.165) is 38.4 Å². The van der Waals surface area contributed by atoms with Crippen LogP contribution in [0.1, 0.15) is 48.3 Å². The van der Waals surface area contributed by atoms with E-state index >= 15 is 0 Å². The smallest absolute Gasteiger partial charge is 0.279 e. The van der Waals surface area contributed by atoms with E-state index in [2.05, 4.69) is 20.8 Å². The van der Waals surface area contributed by atoms with Gasteiger partial charge in [0, 0.05) is 25.6 Å². The number of carbonyl (C=O) groups is 2. The maximum atomic E-state index is 12.6. The van der Waals surface area contributed by atoms with Crippen molar-refractivity contribution < 1.29 is 18.4 Å². The second kappa shape index (κ2) is 6.94. The Kier molecular flexibility index (Phi) is 4.64. The molecule has 3 saturated heterocycles. The molecule has 2 bridgehead atoms. The number of rotatable bonds is 4. The zero-order valence-corrected chi connectivity index (χ0v) is 14.4. The molecule has 4 heterocycles. The maximum absolute atomic E-state index is 12.6. The lowest BCUT2D eigenvalue weighted by Crippen LogP contribution is -2.66. The van der Waals surface area contributed by atoms with Crippen molar-refractivity contribution in [3.8, 4) is 0 Å². The molecule has 1 aromatic rings. The molecule has 3 fully saturated rings. The normalized spacial score (nSPS) is 31.0. The standard InChI is InChI=1S/C17H23F2N5O2/c18-16(19)11-5-12(23-22-11)17(26)21-8-14-10-4-9(6-20-7-10)13-2-1-3-15(25)24(13)14/h5,9-10,13-14,16,20H,1-4,6-8H2,(H,21,26)(H,22,23)/t9-,10+,13+,14+/m1/s1. The van der Waals surface area contributed by atoms with Gasteiger partial charge in [0.25, 0.3) is 12.3 Å². The molecule has 9 heteroatoms. The molecule has 26 heavy (non-hydrogen) atoms. The van der Waals surface area contributed by atoms with Gasteiger partial charge in [0.05, 0.1) is 6.04 Å². The van der Waals surface area contributed by atoms with Crippen molar-refractivity contribution in [3.63, 3.8) is 0 Å². The Morgan fingerprint density at radius 1 is 1.38 bits per heavy atom. The van der Waals surface area contributed by atoms with E-state index in [1.165, 1.54) is 0 Å². The first-order valence-electron chi connectivity index (χ1n) is 9.18. The number of alkyl halides is 2. The lowest BCUT2D eigenvalue weighted by Gasteiger charge is -2.54. The summed E-state index contributed by atoms with van der Waals surface area (Å²) in [5.41, 5.74) is -0.435. The van der Waals surface area contributed by atoms with E-state index in [4.69, 9.17) is 0 Å². The van der Waals surface area contributed by atoms with Crippen LogP contribution in [0.4, 0.5) is 8.78 Å². The molecule has 0 radical (unpaired) electrons. The largest absolute Gasteiger partial charge is 0.349 e. The van der Waals surface area contributed by atoms with Crippen LogP contribution in [0, 0.1) is 11.8 Å². The number of amides is 2. The highest BCUT2D eigenvalue weighted by atomic mass is 19.3. The van der Waals surface area contributed by atoms with Crippen LogP contribution in [-0.4, -0.2) is 58.6 Å². The van der Waals surface area contributed by atoms with Crippen LogP contribution in [0.3, 0.4) is 0 Å². The van der Waals surface area contributed by atoms with Gasteiger partial charge in [-0.05, 0) is 43.7 Å². The quantitative estimate of drug-likeness (QED) is 0.743. The summed E-state index contributed by atoms with van der Waals surface area (Å²) >= 11 is 0. The highest BCUT2D eigenvalue weighted by molar-refractivity contribution is 5.92. The minimum atomic E-state index is -2.70. The van der Waals surface area contributed by atoms with E-state index in [1.807, 2.05) is 4.90 Å². The molecule has 3 N–H and O–H groups in total. The number of nitrogens with one attached hydrogen (secondary N) is 3. The van der Waals surface area contributed by atoms with Crippen LogP contribution >= 0.6 is 0 Å². The Morgan fingerprint density at radius 2 is 2.19 bits per heavy atom. The van der Waals surface area contributed by atoms with Crippen molar-refractivity contribution in [1.82, 2.24) is 25.7 Å². The fourth-order valence-corrected chi connectivity index (χ4v) is 4.75. The molecule has 0 spiro atoms. The predicted octanol–water partition coefficient (Wildman–Crippen LogP) is 1.07. The fourth-order valence-electron chi connectivity index (χ4n) is 4.75. The van der Waals surface area contributed by atoms with Crippen molar-refractivity contribution in [2.75, 3.05) is 19.6 Å². The average molecular weight is 367 g/mol. The van der Waals surface area contributed by atoms with Gasteiger partial charge in [-0.15, -0.1) is 0 Å². The van der Waals surface area contributed by atoms with E-state index < -0.39 is 12.3 Å². The number of H-pyrrole nitrogens is 1. The number of aromatic nitrogens is 2. The third-order valence-corrected chi connectivity index (χ3v) is 5.94. The second-order valence-corrected chi connectivity index (χ2v) is 7.46. The number of piperidine rings is 3. The van der Waals surface area contributed by atoms with Gasteiger partial charge in [-0.25, -0.2) is 8.78 Å². The molecule has 0 aliphatic carbocycles. The van der Waals surface area contributed by atoms with Crippen molar-refractivity contribution in [1.29, 1.82) is 0 Å². The molecule has 3 aliphatic heterocycles. The lowest BCUT2D eigenvalue weighted by atomic mass is 9.72. The number of fused-ring (bicyclic) bond motifs is 4. The molecule has 0 unspecified atom stereocenters. The maximum Gasteiger partial charge on any atom is 0.279 e. The topological polar surface area (TPSA) is 90.1 Å². The molecule has 4 atom stereocenters. The molecule has 1 aromatic heterocycles. The fraction of sp³-hybridized carbons (Fsp3) is 0.706. The highest BCUT2D eigenvalue weighted by Gasteiger charge is 2.47. The van der Waals surface area contributed by atoms with Crippen LogP contribution in [-0.2, 0) is 4.79 Å². The summed E-state index contributed by atoms with van der Waals surface area (Å²) in [5.74, 6) is 0.435. The highest BCUT2D eigenvalue weighted by Crippen LogP contribution is 2.39. The van der Waals surface area contributed by atoms with Gasteiger partial charge in [0.15, 0.2) is 0 Å². The van der Waals surface area contributed by atoms with Crippen LogP contribution in [0.25, 0.3) is 0 Å². The minimum absolute atomic E-state index is 0.0581. The van der Waals surface area contributed by atoms with Gasteiger partial charge in [-0.1, -0.05) is 0 Å². The van der Waals surface area contributed by atoms with Gasteiger partial charge in [-0.2, -0.15) is 5.10 Å². The first-order chi connectivity index (χ1) is 12.5. The van der Waals surface area contributed by atoms with Crippen molar-refractivity contribution in [2.24, 2.45) is 11.8 Å². The summed E-state index contributed by atoms with van der Waals surface area (Å²) < 4.78 is 25.3. The van der Waals surface area contributed by atoms with E-state index in [1.54, 1.807) is 0 Å². The van der Waals surface area contributed by atoms with Crippen molar-refractivity contribution in [3.05, 3.63) is 17.5 Å². The molecular formula is C17H23F2N5O2. The Balaban J connectivity index is 1.46. The van der Waals surface area contributed by atoms with Gasteiger partial charge in [-0.3, -0.25) is 14.7 Å². The van der Waals surface area contributed by atoms with Crippen LogP contribution < -0.4 is 10.6 Å². The Hall–Kier alpha value is -2.03. The first kappa shape index (κ1) is 17.4. The Morgan fingerprint density at radius 3 is 2.96 bits per heavy atom. The number of hydrogen-bond donors (Lipinski definition) is 3. The second-order valence-electron chi connectivity index (χ2n) is 7.46. The van der Waals surface area contributed by atoms with Crippen LogP contribution in [0.15, 0.2) is 6.07 Å². The van der Waals surface area contributed by atoms with Gasteiger partial charge in [0.1, 0.15) is 11.4 Å². The zero-order chi connectivity index (χ0) is 18.3. The monoisotopic (exact) mass is 367 g/mol. The lowest BCUT2D eigenvalue weighted by molar-refractivity contribution is -0.148. The Bertz CT molecular complexity index is 694. The summed E-state index contributed by atoms with van der Waals surface area (Å²) in [7, 11) is 0. The summed E-state index contributed by atoms with van der Waals surface area (Å²) in [4.78, 5) is 26.8. The van der Waals surface area contributed by atoms with Gasteiger partial charge >= 0.3 is 0 Å². The molecular weight excluding hydrogens is 344 g/mol. The third-order valence-electron chi connectivity index (χ3n) is 5.94. The Labute approximate surface area is 149 Å². The van der Waals surface area contributed by atoms with Crippen molar-refractivity contribution in [2.45, 2.75) is 44.2 Å². The molecule has 3 aliphatic rings. The van der Waals surface area contributed by atoms with E-state index in [-0.39, 0.29) is 29.4 Å². The van der Waals surface area contributed by atoms with Crippen molar-refractivity contribution >= 4 is 11.8 Å². The van der Waals surface area contributed by atoms with E-state index in [9.17, 15) is 18.4 Å². The number of nitrogens with zero attached hydrogens (tertiary/aromatic N) is 2. The number of aromatic amines is 1. The molecule has 4 rings (SSSR count). The average Bonchev–Trinajstić information content (AvgIpc) is 3.13. The minimum Gasteiger partial charge on any atom is -0.349 e. The number of halogens is 2. The van der Waals surface area contributed by atoms with Gasteiger partial charge in [0.2, 0.25) is 5.91 Å². The predicted molar refractivity (Wildman–Crippen MR) is 88.6 cm³/mol. The number of hydrogen-bond acceptors (Lipinski definition) is 4. The number of carbonyl (C=O) groups excluding carboxylic acids is 2. The molecule has 0 aromatic carbocycles. The first-order valence-corrected chi connectivity index (χ1v) is 9.18. The van der Waals surface area contributed by atoms with Gasteiger partial charge < -0.3 is 15.5 Å². The van der Waals surface area contributed by atoms with Crippen LogP contribution in [0.5, 0.6) is 0 Å². The summed E-state index contributed by atoms with van der Waals surface area (Å²) in [5, 5.41) is 12.1. The summed E-state index contributed by atoms with van der Waals surface area (Å²) in [6.07, 6.45) is 0.848. The SMILES string of the molecule is O=C(NC[C@H]1[C@@H]2CNC[C@@H](C2)[C@@H]2CCCC(=O)N21)c1cc(C(F)F)[nH]n1. The van der Waals surface area contributed by atoms with E-state index in [0.29, 0.717) is 24.8 Å². The summed E-state index contributed by atoms with van der Waals surface area (Å²) in [6.45, 7) is 2.08. The van der Waals surface area contributed by atoms with Crippen LogP contribution in [0.2, 0.25) is 0 Å².